The zero-order valence-corrected chi connectivity index (χ0v) is 11.1. The Hall–Kier alpha value is -2.62. The van der Waals surface area contributed by atoms with E-state index in [1.165, 1.54) is 0 Å². The Morgan fingerprint density at radius 2 is 1.85 bits per heavy atom. The van der Waals surface area contributed by atoms with Crippen molar-refractivity contribution in [3.8, 4) is 0 Å². The number of nitrogens with zero attached hydrogens (tertiary/aromatic N) is 2. The van der Waals surface area contributed by atoms with Crippen molar-refractivity contribution in [3.05, 3.63) is 21.2 Å². The Bertz CT molecular complexity index is 564. The third-order valence-electron chi connectivity index (χ3n) is 1.95. The van der Waals surface area contributed by atoms with E-state index in [4.69, 9.17) is 11.6 Å². The van der Waals surface area contributed by atoms with E-state index in [-0.39, 0.29) is 10.8 Å². The largest absolute Gasteiger partial charge is 0.453 e. The zero-order valence-electron chi connectivity index (χ0n) is 10.3. The smallest absolute Gasteiger partial charge is 0.412 e. The van der Waals surface area contributed by atoms with E-state index < -0.39 is 28.6 Å². The van der Waals surface area contributed by atoms with Gasteiger partial charge in [0.1, 0.15) is 10.8 Å². The molecule has 0 spiro atoms. The van der Waals surface area contributed by atoms with Crippen molar-refractivity contribution < 1.29 is 24.0 Å². The number of halogens is 1. The van der Waals surface area contributed by atoms with Crippen molar-refractivity contribution in [2.75, 3.05) is 24.9 Å². The van der Waals surface area contributed by atoms with E-state index in [1.807, 2.05) is 5.32 Å². The van der Waals surface area contributed by atoms with E-state index in [1.54, 1.807) is 0 Å². The number of ether oxygens (including phenoxy) is 2. The highest BCUT2D eigenvalue weighted by atomic mass is 35.5. The van der Waals surface area contributed by atoms with E-state index in [2.05, 4.69) is 19.8 Å². The second kappa shape index (κ2) is 6.52. The first-order valence-electron chi connectivity index (χ1n) is 4.94. The average molecular weight is 305 g/mol. The van der Waals surface area contributed by atoms with Gasteiger partial charge in [-0.25, -0.2) is 14.6 Å². The van der Waals surface area contributed by atoms with Crippen LogP contribution < -0.4 is 10.6 Å². The number of rotatable bonds is 3. The summed E-state index contributed by atoms with van der Waals surface area (Å²) in [5, 5.41) is 14.7. The number of hydrogen-bond acceptors (Lipinski definition) is 7. The van der Waals surface area contributed by atoms with Crippen LogP contribution in [0.25, 0.3) is 0 Å². The quantitative estimate of drug-likeness (QED) is 0.644. The molecule has 1 aromatic heterocycles. The fraction of sp³-hybridized carbons (Fsp3) is 0.222. The maximum Gasteiger partial charge on any atom is 0.412 e. The Balaban J connectivity index is 3.24. The summed E-state index contributed by atoms with van der Waals surface area (Å²) in [5.41, 5.74) is -0.632. The Morgan fingerprint density at radius 1 is 1.30 bits per heavy atom. The molecule has 0 bridgehead atoms. The van der Waals surface area contributed by atoms with E-state index in [0.717, 1.165) is 20.3 Å². The average Bonchev–Trinajstić information content (AvgIpc) is 2.37. The SMILES string of the molecule is COC(=O)Nc1cc(Cl)c([N+](=O)[O-])c(NC(=O)OC)n1. The van der Waals surface area contributed by atoms with Crippen LogP contribution in [0.4, 0.5) is 26.9 Å². The van der Waals surface area contributed by atoms with Crippen LogP contribution in [0.1, 0.15) is 0 Å². The van der Waals surface area contributed by atoms with E-state index >= 15 is 0 Å². The monoisotopic (exact) mass is 304 g/mol. The summed E-state index contributed by atoms with van der Waals surface area (Å²) in [6.07, 6.45) is -1.83. The van der Waals surface area contributed by atoms with Crippen molar-refractivity contribution in [1.82, 2.24) is 4.98 Å². The van der Waals surface area contributed by atoms with Crippen LogP contribution in [0, 0.1) is 10.1 Å². The zero-order chi connectivity index (χ0) is 15.3. The predicted octanol–water partition coefficient (Wildman–Crippen LogP) is 2.00. The Kier molecular flexibility index (Phi) is 5.03. The van der Waals surface area contributed by atoms with Crippen molar-refractivity contribution in [3.63, 3.8) is 0 Å². The molecule has 0 aliphatic carbocycles. The van der Waals surface area contributed by atoms with Gasteiger partial charge in [0.25, 0.3) is 0 Å². The summed E-state index contributed by atoms with van der Waals surface area (Å²) in [4.78, 5) is 35.9. The van der Waals surface area contributed by atoms with Gasteiger partial charge in [-0.15, -0.1) is 0 Å². The molecule has 108 valence electrons. The molecule has 0 fully saturated rings. The number of anilines is 2. The van der Waals surface area contributed by atoms with Crippen LogP contribution in [0.5, 0.6) is 0 Å². The van der Waals surface area contributed by atoms with Gasteiger partial charge in [0.2, 0.25) is 5.82 Å². The maximum atomic E-state index is 11.1. The standard InChI is InChI=1S/C9H9ClN4O6/c1-19-8(15)12-5-3-4(10)6(14(17)18)7(11-5)13-9(16)20-2/h3H,1-2H3,(H2,11,12,13,15,16). The lowest BCUT2D eigenvalue weighted by Crippen LogP contribution is -2.16. The van der Waals surface area contributed by atoms with Gasteiger partial charge in [-0.2, -0.15) is 0 Å². The molecule has 1 rings (SSSR count). The molecule has 0 aliphatic rings. The van der Waals surface area contributed by atoms with Gasteiger partial charge in [0.05, 0.1) is 19.1 Å². The minimum absolute atomic E-state index is 0.140. The fourth-order valence-corrected chi connectivity index (χ4v) is 1.40. The van der Waals surface area contributed by atoms with Crippen molar-refractivity contribution >= 4 is 41.1 Å². The molecule has 10 nitrogen and oxygen atoms in total. The summed E-state index contributed by atoms with van der Waals surface area (Å²) in [6, 6.07) is 1.04. The van der Waals surface area contributed by atoms with Crippen LogP contribution in [-0.4, -0.2) is 36.3 Å². The summed E-state index contributed by atoms with van der Waals surface area (Å²) in [6.45, 7) is 0. The van der Waals surface area contributed by atoms with Gasteiger partial charge in [-0.05, 0) is 0 Å². The minimum Gasteiger partial charge on any atom is -0.453 e. The van der Waals surface area contributed by atoms with Crippen molar-refractivity contribution in [2.45, 2.75) is 0 Å². The van der Waals surface area contributed by atoms with Gasteiger partial charge in [0.15, 0.2) is 0 Å². The summed E-state index contributed by atoms with van der Waals surface area (Å²) < 4.78 is 8.64. The first-order chi connectivity index (χ1) is 9.38. The summed E-state index contributed by atoms with van der Waals surface area (Å²) in [5.74, 6) is -0.611. The van der Waals surface area contributed by atoms with Crippen LogP contribution in [-0.2, 0) is 9.47 Å². The summed E-state index contributed by atoms with van der Waals surface area (Å²) >= 11 is 5.72. The van der Waals surface area contributed by atoms with Crippen LogP contribution >= 0.6 is 11.6 Å². The molecule has 0 aromatic carbocycles. The second-order valence-corrected chi connectivity index (χ2v) is 3.58. The number of carbonyl (C=O) groups excluding carboxylic acids is 2. The molecule has 0 radical (unpaired) electrons. The number of carbonyl (C=O) groups is 2. The molecular formula is C9H9ClN4O6. The topological polar surface area (TPSA) is 133 Å². The molecule has 20 heavy (non-hydrogen) atoms. The summed E-state index contributed by atoms with van der Waals surface area (Å²) in [7, 11) is 2.19. The van der Waals surface area contributed by atoms with Crippen LogP contribution in [0.15, 0.2) is 6.07 Å². The highest BCUT2D eigenvalue weighted by Crippen LogP contribution is 2.33. The lowest BCUT2D eigenvalue weighted by Gasteiger charge is -2.08. The predicted molar refractivity (Wildman–Crippen MR) is 68.0 cm³/mol. The van der Waals surface area contributed by atoms with Gasteiger partial charge < -0.3 is 9.47 Å². The van der Waals surface area contributed by atoms with Gasteiger partial charge >= 0.3 is 17.9 Å². The number of pyridine rings is 1. The lowest BCUT2D eigenvalue weighted by molar-refractivity contribution is -0.384. The van der Waals surface area contributed by atoms with Gasteiger partial charge in [-0.3, -0.25) is 20.7 Å². The number of amides is 2. The number of methoxy groups -OCH3 is 2. The number of nitrogens with one attached hydrogen (secondary N) is 2. The molecule has 1 heterocycles. The normalized spacial score (nSPS) is 9.55. The molecule has 2 N–H and O–H groups in total. The first kappa shape index (κ1) is 15.4. The third kappa shape index (κ3) is 3.68. The molecule has 2 amide bonds. The number of hydrogen-bond donors (Lipinski definition) is 2. The molecule has 1 aromatic rings. The highest BCUT2D eigenvalue weighted by molar-refractivity contribution is 6.33. The molecule has 0 aliphatic heterocycles. The molecule has 0 atom stereocenters. The second-order valence-electron chi connectivity index (χ2n) is 3.18. The minimum atomic E-state index is -0.980. The van der Waals surface area contributed by atoms with Gasteiger partial charge in [-0.1, -0.05) is 11.6 Å². The Morgan fingerprint density at radius 3 is 2.35 bits per heavy atom. The van der Waals surface area contributed by atoms with E-state index in [9.17, 15) is 19.7 Å². The molecular weight excluding hydrogens is 296 g/mol. The van der Waals surface area contributed by atoms with Crippen LogP contribution in [0.2, 0.25) is 5.02 Å². The van der Waals surface area contributed by atoms with Gasteiger partial charge in [0, 0.05) is 6.07 Å². The molecule has 0 saturated carbocycles. The first-order valence-corrected chi connectivity index (χ1v) is 5.31. The molecule has 0 saturated heterocycles. The maximum absolute atomic E-state index is 11.1. The van der Waals surface area contributed by atoms with E-state index in [0.29, 0.717) is 0 Å². The van der Waals surface area contributed by atoms with Crippen LogP contribution in [0.3, 0.4) is 0 Å². The fourth-order valence-electron chi connectivity index (χ4n) is 1.14. The Labute approximate surface area is 117 Å². The number of nitro groups is 1. The third-order valence-corrected chi connectivity index (χ3v) is 2.24. The molecule has 0 unspecified atom stereocenters. The van der Waals surface area contributed by atoms with Crippen molar-refractivity contribution in [1.29, 1.82) is 0 Å². The van der Waals surface area contributed by atoms with Crippen molar-refractivity contribution in [2.24, 2.45) is 0 Å². The molecule has 11 heteroatoms. The highest BCUT2D eigenvalue weighted by Gasteiger charge is 2.24. The number of aromatic nitrogens is 1. The lowest BCUT2D eigenvalue weighted by atomic mass is 10.3.